The normalized spacial score (nSPS) is 23.9. The fraction of sp³-hybridized carbons (Fsp3) is 0.462. The van der Waals surface area contributed by atoms with Crippen LogP contribution in [0.15, 0.2) is 23.9 Å². The first-order chi connectivity index (χ1) is 10.2. The smallest absolute Gasteiger partial charge is 0.231 e. The van der Waals surface area contributed by atoms with Gasteiger partial charge >= 0.3 is 0 Å². The number of aromatic nitrogens is 3. The van der Waals surface area contributed by atoms with E-state index in [0.717, 1.165) is 19.3 Å². The molecule has 21 heavy (non-hydrogen) atoms. The maximum absolute atomic E-state index is 5.75. The molecule has 0 radical (unpaired) electrons. The molecule has 0 amide bonds. The summed E-state index contributed by atoms with van der Waals surface area (Å²) in [6.45, 7) is 0.272. The molecule has 0 aromatic carbocycles. The molecule has 0 spiro atoms. The van der Waals surface area contributed by atoms with E-state index in [2.05, 4.69) is 43.8 Å². The lowest BCUT2D eigenvalue weighted by Crippen LogP contribution is -2.40. The summed E-state index contributed by atoms with van der Waals surface area (Å²) in [7, 11) is 0. The van der Waals surface area contributed by atoms with Gasteiger partial charge in [0.2, 0.25) is 17.8 Å². The molecule has 2 aliphatic rings. The number of allylic oxidation sites excluding steroid dienone is 4. The minimum atomic E-state index is -0.0111. The first kappa shape index (κ1) is 13.6. The maximum Gasteiger partial charge on any atom is 0.231 e. The molecule has 8 nitrogen and oxygen atoms in total. The fourth-order valence-corrected chi connectivity index (χ4v) is 2.55. The van der Waals surface area contributed by atoms with E-state index in [4.69, 9.17) is 16.2 Å². The molecule has 2 atom stereocenters. The lowest BCUT2D eigenvalue weighted by atomic mass is 9.89. The first-order valence-electron chi connectivity index (χ1n) is 6.96. The molecule has 3 rings (SSSR count). The highest BCUT2D eigenvalue weighted by Crippen LogP contribution is 2.28. The molecule has 6 N–H and O–H groups in total. The third-order valence-corrected chi connectivity index (χ3v) is 3.56. The molecule has 1 aromatic rings. The zero-order valence-electron chi connectivity index (χ0n) is 11.6. The fourth-order valence-electron chi connectivity index (χ4n) is 2.55. The van der Waals surface area contributed by atoms with Crippen LogP contribution in [0, 0.1) is 5.92 Å². The average Bonchev–Trinajstić information content (AvgIpc) is 2.46. The number of fused-ring (bicyclic) bond motifs is 1. The number of hydrogen-bond donors (Lipinski definition) is 4. The van der Waals surface area contributed by atoms with Gasteiger partial charge in [-0.15, -0.1) is 0 Å². The molecule has 1 aliphatic heterocycles. The van der Waals surface area contributed by atoms with Crippen LogP contribution in [0.5, 0.6) is 0 Å². The lowest BCUT2D eigenvalue weighted by Gasteiger charge is -2.33. The standard InChI is InChI=1S/C13H19N7O/c14-11-18-12(15)20-13(19-11)16-7-21-10-6-5-8-3-1-2-4-9(8)17-10/h1-2,4,8,10,17H,3,5-7H2,(H5,14,15,16,18,19,20). The van der Waals surface area contributed by atoms with E-state index in [9.17, 15) is 0 Å². The molecule has 1 aliphatic carbocycles. The number of piperidine rings is 1. The number of hydrogen-bond acceptors (Lipinski definition) is 8. The number of rotatable bonds is 4. The minimum Gasteiger partial charge on any atom is -0.368 e. The molecular weight excluding hydrogens is 270 g/mol. The summed E-state index contributed by atoms with van der Waals surface area (Å²) in [5.74, 6) is 1.09. The largest absolute Gasteiger partial charge is 0.368 e. The Bertz CT molecular complexity index is 551. The highest BCUT2D eigenvalue weighted by Gasteiger charge is 2.25. The van der Waals surface area contributed by atoms with Crippen molar-refractivity contribution < 1.29 is 4.74 Å². The van der Waals surface area contributed by atoms with E-state index < -0.39 is 0 Å². The molecule has 1 fully saturated rings. The molecular formula is C13H19N7O. The number of nitrogens with zero attached hydrogens (tertiary/aromatic N) is 3. The second-order valence-corrected chi connectivity index (χ2v) is 5.06. The quantitative estimate of drug-likeness (QED) is 0.594. The zero-order chi connectivity index (χ0) is 14.7. The van der Waals surface area contributed by atoms with Gasteiger partial charge in [0.15, 0.2) is 0 Å². The second kappa shape index (κ2) is 5.96. The number of nitrogens with two attached hydrogens (primary N) is 2. The van der Waals surface area contributed by atoms with Crippen molar-refractivity contribution >= 4 is 17.8 Å². The molecule has 1 saturated heterocycles. The number of nitrogens with one attached hydrogen (secondary N) is 2. The molecule has 2 heterocycles. The Hall–Kier alpha value is -2.35. The number of ether oxygens (including phenoxy) is 1. The Morgan fingerprint density at radius 1 is 1.24 bits per heavy atom. The van der Waals surface area contributed by atoms with Gasteiger partial charge < -0.3 is 26.8 Å². The van der Waals surface area contributed by atoms with Crippen molar-refractivity contribution in [2.75, 3.05) is 23.5 Å². The Morgan fingerprint density at radius 2 is 2.05 bits per heavy atom. The molecule has 112 valence electrons. The van der Waals surface area contributed by atoms with Crippen LogP contribution < -0.4 is 22.1 Å². The molecule has 2 unspecified atom stereocenters. The van der Waals surface area contributed by atoms with Gasteiger partial charge in [0, 0.05) is 11.6 Å². The van der Waals surface area contributed by atoms with Crippen LogP contribution in [0.4, 0.5) is 17.8 Å². The number of anilines is 3. The topological polar surface area (TPSA) is 124 Å². The summed E-state index contributed by atoms with van der Waals surface area (Å²) in [5, 5.41) is 6.34. The summed E-state index contributed by atoms with van der Waals surface area (Å²) in [6, 6.07) is 0. The van der Waals surface area contributed by atoms with Gasteiger partial charge in [-0.05, 0) is 25.3 Å². The second-order valence-electron chi connectivity index (χ2n) is 5.06. The monoisotopic (exact) mass is 289 g/mol. The Kier molecular flexibility index (Phi) is 3.87. The molecule has 0 saturated carbocycles. The van der Waals surface area contributed by atoms with Gasteiger partial charge in [-0.2, -0.15) is 15.0 Å². The van der Waals surface area contributed by atoms with Crippen molar-refractivity contribution in [3.05, 3.63) is 23.9 Å². The van der Waals surface area contributed by atoms with Crippen LogP contribution in [-0.4, -0.2) is 27.9 Å². The molecule has 1 aromatic heterocycles. The third-order valence-electron chi connectivity index (χ3n) is 3.56. The van der Waals surface area contributed by atoms with Crippen LogP contribution in [-0.2, 0) is 4.74 Å². The van der Waals surface area contributed by atoms with Gasteiger partial charge in [-0.1, -0.05) is 12.2 Å². The minimum absolute atomic E-state index is 0.0111. The van der Waals surface area contributed by atoms with Crippen molar-refractivity contribution in [1.29, 1.82) is 0 Å². The SMILES string of the molecule is Nc1nc(N)nc(NCOC2CCC3CC=CC=C3N2)n1. The summed E-state index contributed by atoms with van der Waals surface area (Å²) < 4.78 is 5.75. The van der Waals surface area contributed by atoms with Gasteiger partial charge in [-0.25, -0.2) is 0 Å². The van der Waals surface area contributed by atoms with Gasteiger partial charge in [0.05, 0.1) is 0 Å². The molecule has 0 bridgehead atoms. The predicted octanol–water partition coefficient (Wildman–Crippen LogP) is 0.591. The summed E-state index contributed by atoms with van der Waals surface area (Å²) in [6.07, 6.45) is 9.59. The van der Waals surface area contributed by atoms with Crippen molar-refractivity contribution in [3.63, 3.8) is 0 Å². The van der Waals surface area contributed by atoms with E-state index in [-0.39, 0.29) is 24.9 Å². The van der Waals surface area contributed by atoms with Crippen molar-refractivity contribution in [2.24, 2.45) is 5.92 Å². The number of nitrogen functional groups attached to an aromatic ring is 2. The lowest BCUT2D eigenvalue weighted by molar-refractivity contribution is 0.0247. The van der Waals surface area contributed by atoms with Gasteiger partial charge in [0.1, 0.15) is 13.0 Å². The predicted molar refractivity (Wildman–Crippen MR) is 79.7 cm³/mol. The first-order valence-corrected chi connectivity index (χ1v) is 6.96. The van der Waals surface area contributed by atoms with Crippen LogP contribution >= 0.6 is 0 Å². The Morgan fingerprint density at radius 3 is 2.86 bits per heavy atom. The summed E-state index contributed by atoms with van der Waals surface area (Å²) in [5.41, 5.74) is 12.2. The van der Waals surface area contributed by atoms with Crippen LogP contribution in [0.1, 0.15) is 19.3 Å². The van der Waals surface area contributed by atoms with Crippen LogP contribution in [0.3, 0.4) is 0 Å². The highest BCUT2D eigenvalue weighted by atomic mass is 16.5. The van der Waals surface area contributed by atoms with Crippen molar-refractivity contribution in [1.82, 2.24) is 20.3 Å². The van der Waals surface area contributed by atoms with E-state index in [1.54, 1.807) is 0 Å². The van der Waals surface area contributed by atoms with E-state index in [1.807, 2.05) is 0 Å². The highest BCUT2D eigenvalue weighted by molar-refractivity contribution is 5.36. The average molecular weight is 289 g/mol. The van der Waals surface area contributed by atoms with E-state index >= 15 is 0 Å². The third kappa shape index (κ3) is 3.40. The summed E-state index contributed by atoms with van der Waals surface area (Å²) >= 11 is 0. The maximum atomic E-state index is 5.75. The summed E-state index contributed by atoms with van der Waals surface area (Å²) in [4.78, 5) is 11.6. The van der Waals surface area contributed by atoms with E-state index in [1.165, 1.54) is 5.70 Å². The van der Waals surface area contributed by atoms with Gasteiger partial charge in [0.25, 0.3) is 0 Å². The Balaban J connectivity index is 1.49. The Labute approximate surface area is 122 Å². The van der Waals surface area contributed by atoms with Crippen LogP contribution in [0.2, 0.25) is 0 Å². The van der Waals surface area contributed by atoms with Crippen molar-refractivity contribution in [2.45, 2.75) is 25.5 Å². The van der Waals surface area contributed by atoms with Gasteiger partial charge in [-0.3, -0.25) is 0 Å². The zero-order valence-corrected chi connectivity index (χ0v) is 11.6. The van der Waals surface area contributed by atoms with Crippen molar-refractivity contribution in [3.8, 4) is 0 Å². The van der Waals surface area contributed by atoms with E-state index in [0.29, 0.717) is 11.9 Å². The molecule has 8 heteroatoms. The van der Waals surface area contributed by atoms with Crippen LogP contribution in [0.25, 0.3) is 0 Å².